The third-order valence-electron chi connectivity index (χ3n) is 1.95. The number of hydrogen-bond acceptors (Lipinski definition) is 3. The molecular weight excluding hydrogens is 192 g/mol. The van der Waals surface area contributed by atoms with Crippen LogP contribution in [-0.2, 0) is 16.1 Å². The van der Waals surface area contributed by atoms with Gasteiger partial charge in [0.2, 0.25) is 5.78 Å². The molecule has 0 aliphatic rings. The summed E-state index contributed by atoms with van der Waals surface area (Å²) in [5, 5.41) is 2.56. The predicted octanol–water partition coefficient (Wildman–Crippen LogP) is 0.923. The van der Waals surface area contributed by atoms with E-state index >= 15 is 0 Å². The van der Waals surface area contributed by atoms with Gasteiger partial charge in [-0.05, 0) is 17.7 Å². The molecule has 1 N–H and O–H groups in total. The summed E-state index contributed by atoms with van der Waals surface area (Å²) in [4.78, 5) is 26.4. The second kappa shape index (κ2) is 5.24. The van der Waals surface area contributed by atoms with Gasteiger partial charge >= 0.3 is 0 Å². The molecule has 80 valence electrons. The minimum Gasteiger partial charge on any atom is -0.345 e. The van der Waals surface area contributed by atoms with Crippen LogP contribution in [0.3, 0.4) is 0 Å². The lowest BCUT2D eigenvalue weighted by Crippen LogP contribution is -2.33. The van der Waals surface area contributed by atoms with Gasteiger partial charge in [-0.25, -0.2) is 0 Å². The van der Waals surface area contributed by atoms with E-state index < -0.39 is 5.91 Å². The van der Waals surface area contributed by atoms with Gasteiger partial charge in [-0.2, -0.15) is 0 Å². The second-order valence-corrected chi connectivity index (χ2v) is 3.56. The first-order valence-corrected chi connectivity index (χ1v) is 4.82. The zero-order valence-electron chi connectivity index (χ0n) is 8.86. The van der Waals surface area contributed by atoms with Gasteiger partial charge in [0.15, 0.2) is 0 Å². The Labute approximate surface area is 88.7 Å². The smallest absolute Gasteiger partial charge is 0.287 e. The number of carbonyl (C=O) groups is 2. The van der Waals surface area contributed by atoms with Gasteiger partial charge in [-0.1, -0.05) is 13.8 Å². The minimum absolute atomic E-state index is 0.262. The molecule has 0 saturated heterocycles. The third kappa shape index (κ3) is 3.50. The van der Waals surface area contributed by atoms with E-state index in [1.165, 1.54) is 0 Å². The van der Waals surface area contributed by atoms with Crippen molar-refractivity contribution in [2.75, 3.05) is 0 Å². The average molecular weight is 206 g/mol. The number of nitrogens with zero attached hydrogens (tertiary/aromatic N) is 1. The summed E-state index contributed by atoms with van der Waals surface area (Å²) >= 11 is 0. The van der Waals surface area contributed by atoms with Gasteiger partial charge in [0, 0.05) is 24.9 Å². The fourth-order valence-corrected chi connectivity index (χ4v) is 1.03. The molecule has 0 aromatic carbocycles. The van der Waals surface area contributed by atoms with E-state index in [-0.39, 0.29) is 11.7 Å². The monoisotopic (exact) mass is 206 g/mol. The Balaban J connectivity index is 2.45. The lowest BCUT2D eigenvalue weighted by molar-refractivity contribution is -0.139. The first-order chi connectivity index (χ1) is 7.11. The Morgan fingerprint density at radius 2 is 1.93 bits per heavy atom. The highest BCUT2D eigenvalue weighted by Crippen LogP contribution is 1.97. The Bertz CT molecular complexity index is 347. The summed E-state index contributed by atoms with van der Waals surface area (Å²) < 4.78 is 0. The molecule has 0 radical (unpaired) electrons. The number of hydrogen-bond donors (Lipinski definition) is 1. The quantitative estimate of drug-likeness (QED) is 0.745. The van der Waals surface area contributed by atoms with Crippen molar-refractivity contribution < 1.29 is 9.59 Å². The van der Waals surface area contributed by atoms with Crippen molar-refractivity contribution in [3.05, 3.63) is 30.1 Å². The van der Waals surface area contributed by atoms with Crippen molar-refractivity contribution in [3.8, 4) is 0 Å². The van der Waals surface area contributed by atoms with E-state index in [4.69, 9.17) is 0 Å². The summed E-state index contributed by atoms with van der Waals surface area (Å²) in [6, 6.07) is 3.58. The Kier molecular flexibility index (Phi) is 3.97. The molecule has 1 aromatic rings. The van der Waals surface area contributed by atoms with Crippen molar-refractivity contribution in [3.63, 3.8) is 0 Å². The Morgan fingerprint density at radius 3 is 2.47 bits per heavy atom. The van der Waals surface area contributed by atoms with E-state index in [0.29, 0.717) is 6.54 Å². The largest absolute Gasteiger partial charge is 0.345 e. The number of carbonyl (C=O) groups excluding carboxylic acids is 2. The topological polar surface area (TPSA) is 59.1 Å². The van der Waals surface area contributed by atoms with E-state index in [2.05, 4.69) is 10.3 Å². The standard InChI is InChI=1S/C11H14N2O2/c1-8(2)10(14)11(15)13-7-9-3-5-12-6-4-9/h3-6,8H,7H2,1-2H3,(H,13,15). The molecule has 4 nitrogen and oxygen atoms in total. The lowest BCUT2D eigenvalue weighted by atomic mass is 10.1. The van der Waals surface area contributed by atoms with Gasteiger partial charge in [-0.15, -0.1) is 0 Å². The van der Waals surface area contributed by atoms with Crippen LogP contribution in [0.1, 0.15) is 19.4 Å². The molecule has 15 heavy (non-hydrogen) atoms. The summed E-state index contributed by atoms with van der Waals surface area (Å²) in [7, 11) is 0. The van der Waals surface area contributed by atoms with E-state index in [9.17, 15) is 9.59 Å². The molecule has 4 heteroatoms. The number of amides is 1. The van der Waals surface area contributed by atoms with Gasteiger partial charge in [0.25, 0.3) is 5.91 Å². The molecule has 1 rings (SSSR count). The van der Waals surface area contributed by atoms with Crippen molar-refractivity contribution >= 4 is 11.7 Å². The highest BCUT2D eigenvalue weighted by atomic mass is 16.2. The Hall–Kier alpha value is -1.71. The lowest BCUT2D eigenvalue weighted by Gasteiger charge is -2.05. The normalized spacial score (nSPS) is 10.1. The Morgan fingerprint density at radius 1 is 1.33 bits per heavy atom. The van der Waals surface area contributed by atoms with Crippen molar-refractivity contribution in [2.45, 2.75) is 20.4 Å². The van der Waals surface area contributed by atoms with Crippen LogP contribution in [0.25, 0.3) is 0 Å². The minimum atomic E-state index is -0.526. The maximum atomic E-state index is 11.3. The van der Waals surface area contributed by atoms with Crippen LogP contribution in [0.4, 0.5) is 0 Å². The molecule has 0 bridgehead atoms. The fourth-order valence-electron chi connectivity index (χ4n) is 1.03. The fraction of sp³-hybridized carbons (Fsp3) is 0.364. The number of nitrogens with one attached hydrogen (secondary N) is 1. The molecule has 0 aliphatic heterocycles. The van der Waals surface area contributed by atoms with Crippen LogP contribution in [0.15, 0.2) is 24.5 Å². The van der Waals surface area contributed by atoms with Crippen molar-refractivity contribution in [1.29, 1.82) is 0 Å². The van der Waals surface area contributed by atoms with Crippen molar-refractivity contribution in [1.82, 2.24) is 10.3 Å². The SMILES string of the molecule is CC(C)C(=O)C(=O)NCc1ccncc1. The number of Topliss-reactive ketones (excluding diaryl/α,β-unsaturated/α-hetero) is 1. The third-order valence-corrected chi connectivity index (χ3v) is 1.95. The van der Waals surface area contributed by atoms with Crippen LogP contribution in [0.2, 0.25) is 0 Å². The number of rotatable bonds is 4. The molecule has 1 aromatic heterocycles. The molecule has 1 heterocycles. The first-order valence-electron chi connectivity index (χ1n) is 4.82. The van der Waals surface area contributed by atoms with E-state index in [0.717, 1.165) is 5.56 Å². The van der Waals surface area contributed by atoms with Crippen LogP contribution in [0.5, 0.6) is 0 Å². The predicted molar refractivity (Wildman–Crippen MR) is 55.9 cm³/mol. The van der Waals surface area contributed by atoms with E-state index in [1.54, 1.807) is 38.4 Å². The van der Waals surface area contributed by atoms with Crippen LogP contribution in [-0.4, -0.2) is 16.7 Å². The van der Waals surface area contributed by atoms with Crippen LogP contribution in [0, 0.1) is 5.92 Å². The average Bonchev–Trinajstić information content (AvgIpc) is 2.26. The molecule has 1 amide bonds. The molecule has 0 atom stereocenters. The van der Waals surface area contributed by atoms with Gasteiger partial charge in [0.05, 0.1) is 0 Å². The van der Waals surface area contributed by atoms with Crippen molar-refractivity contribution in [2.24, 2.45) is 5.92 Å². The molecule has 0 fully saturated rings. The molecular formula is C11H14N2O2. The van der Waals surface area contributed by atoms with E-state index in [1.807, 2.05) is 0 Å². The van der Waals surface area contributed by atoms with Gasteiger partial charge < -0.3 is 5.32 Å². The molecule has 0 unspecified atom stereocenters. The number of pyridine rings is 1. The summed E-state index contributed by atoms with van der Waals surface area (Å²) in [5.74, 6) is -1.17. The highest BCUT2D eigenvalue weighted by Gasteiger charge is 2.16. The molecule has 0 saturated carbocycles. The summed E-state index contributed by atoms with van der Waals surface area (Å²) in [5.41, 5.74) is 0.926. The zero-order chi connectivity index (χ0) is 11.3. The summed E-state index contributed by atoms with van der Waals surface area (Å²) in [6.07, 6.45) is 3.29. The molecule has 0 aliphatic carbocycles. The zero-order valence-corrected chi connectivity index (χ0v) is 8.86. The second-order valence-electron chi connectivity index (χ2n) is 3.56. The number of aromatic nitrogens is 1. The first kappa shape index (κ1) is 11.4. The summed E-state index contributed by atoms with van der Waals surface area (Å²) in [6.45, 7) is 3.77. The van der Waals surface area contributed by atoms with Crippen LogP contribution < -0.4 is 5.32 Å². The highest BCUT2D eigenvalue weighted by molar-refractivity contribution is 6.36. The maximum absolute atomic E-state index is 11.3. The maximum Gasteiger partial charge on any atom is 0.287 e. The van der Waals surface area contributed by atoms with Gasteiger partial charge in [-0.3, -0.25) is 14.6 Å². The molecule has 0 spiro atoms. The van der Waals surface area contributed by atoms with Crippen LogP contribution >= 0.6 is 0 Å². The van der Waals surface area contributed by atoms with Gasteiger partial charge in [0.1, 0.15) is 0 Å². The number of ketones is 1.